The number of amides is 1. The van der Waals surface area contributed by atoms with Gasteiger partial charge in [-0.05, 0) is 49.2 Å². The first-order valence-corrected chi connectivity index (χ1v) is 10.7. The molecular weight excluding hydrogens is 435 g/mol. The van der Waals surface area contributed by atoms with Crippen molar-refractivity contribution in [3.8, 4) is 5.69 Å². The van der Waals surface area contributed by atoms with Gasteiger partial charge in [0.15, 0.2) is 0 Å². The second-order valence-corrected chi connectivity index (χ2v) is 8.01. The maximum Gasteiger partial charge on any atom is 0.352 e. The normalized spacial score (nSPS) is 11.7. The van der Waals surface area contributed by atoms with E-state index < -0.39 is 34.7 Å². The van der Waals surface area contributed by atoms with Gasteiger partial charge in [-0.2, -0.15) is 9.78 Å². The van der Waals surface area contributed by atoms with E-state index in [1.54, 1.807) is 37.3 Å². The highest BCUT2D eigenvalue weighted by molar-refractivity contribution is 5.92. The molecule has 4 aromatic rings. The third kappa shape index (κ3) is 4.85. The van der Waals surface area contributed by atoms with Crippen molar-refractivity contribution >= 4 is 5.91 Å². The third-order valence-corrected chi connectivity index (χ3v) is 5.43. The van der Waals surface area contributed by atoms with E-state index in [1.165, 1.54) is 18.2 Å². The van der Waals surface area contributed by atoms with Gasteiger partial charge < -0.3 is 5.32 Å². The van der Waals surface area contributed by atoms with Crippen LogP contribution in [0.15, 0.2) is 88.5 Å². The predicted octanol–water partition coefficient (Wildman–Crippen LogP) is 3.38. The first kappa shape index (κ1) is 22.8. The largest absolute Gasteiger partial charge is 0.352 e. The number of rotatable bonds is 6. The van der Waals surface area contributed by atoms with Gasteiger partial charge in [0.05, 0.1) is 18.3 Å². The molecule has 1 aromatic heterocycles. The lowest BCUT2D eigenvalue weighted by atomic mass is 10.1. The Morgan fingerprint density at radius 1 is 1.00 bits per heavy atom. The lowest BCUT2D eigenvalue weighted by molar-refractivity contribution is 0.0930. The van der Waals surface area contributed by atoms with Crippen LogP contribution < -0.4 is 16.6 Å². The molecule has 0 aliphatic heterocycles. The summed E-state index contributed by atoms with van der Waals surface area (Å²) in [5.74, 6) is -1.21. The SMILES string of the molecule is Cc1ccc(-n2nc(C(=O)NC(C)c3ccccc3)c(=O)n(Cc3cccc(F)c3)c2=O)cc1. The van der Waals surface area contributed by atoms with Crippen molar-refractivity contribution < 1.29 is 9.18 Å². The molecule has 34 heavy (non-hydrogen) atoms. The van der Waals surface area contributed by atoms with E-state index in [9.17, 15) is 18.8 Å². The van der Waals surface area contributed by atoms with E-state index in [2.05, 4.69) is 10.4 Å². The van der Waals surface area contributed by atoms with Crippen molar-refractivity contribution in [2.45, 2.75) is 26.4 Å². The molecule has 172 valence electrons. The van der Waals surface area contributed by atoms with Crippen LogP contribution in [0.25, 0.3) is 5.69 Å². The number of hydrogen-bond acceptors (Lipinski definition) is 4. The molecule has 4 rings (SSSR count). The second-order valence-electron chi connectivity index (χ2n) is 8.01. The molecule has 0 aliphatic rings. The van der Waals surface area contributed by atoms with E-state index in [0.29, 0.717) is 11.3 Å². The average Bonchev–Trinajstić information content (AvgIpc) is 2.83. The van der Waals surface area contributed by atoms with Crippen LogP contribution in [0.1, 0.15) is 40.1 Å². The van der Waals surface area contributed by atoms with E-state index in [-0.39, 0.29) is 6.54 Å². The summed E-state index contributed by atoms with van der Waals surface area (Å²) in [5, 5.41) is 6.89. The number of nitrogens with one attached hydrogen (secondary N) is 1. The molecule has 1 unspecified atom stereocenters. The van der Waals surface area contributed by atoms with Gasteiger partial charge in [-0.1, -0.05) is 60.2 Å². The zero-order valence-electron chi connectivity index (χ0n) is 18.7. The smallest absolute Gasteiger partial charge is 0.344 e. The van der Waals surface area contributed by atoms with Gasteiger partial charge in [-0.3, -0.25) is 14.2 Å². The maximum absolute atomic E-state index is 13.7. The molecule has 3 aromatic carbocycles. The molecule has 1 atom stereocenters. The molecule has 0 aliphatic carbocycles. The van der Waals surface area contributed by atoms with E-state index >= 15 is 0 Å². The molecule has 1 heterocycles. The predicted molar refractivity (Wildman–Crippen MR) is 127 cm³/mol. The Labute approximate surface area is 195 Å². The lowest BCUT2D eigenvalue weighted by Crippen LogP contribution is -2.46. The minimum absolute atomic E-state index is 0.210. The van der Waals surface area contributed by atoms with Gasteiger partial charge in [0, 0.05) is 0 Å². The van der Waals surface area contributed by atoms with Gasteiger partial charge in [-0.25, -0.2) is 9.18 Å². The number of aromatic nitrogens is 3. The number of hydrogen-bond donors (Lipinski definition) is 1. The van der Waals surface area contributed by atoms with Crippen LogP contribution >= 0.6 is 0 Å². The Kier molecular flexibility index (Phi) is 6.49. The standard InChI is InChI=1S/C26H23FN4O3/c1-17-11-13-22(14-12-17)31-26(34)30(16-19-7-6-10-21(27)15-19)25(33)23(29-31)24(32)28-18(2)20-8-4-3-5-9-20/h3-15,18H,16H2,1-2H3,(H,28,32). The fourth-order valence-corrected chi connectivity index (χ4v) is 3.56. The van der Waals surface area contributed by atoms with Crippen LogP contribution in [0.5, 0.6) is 0 Å². The fraction of sp³-hybridized carbons (Fsp3) is 0.154. The Morgan fingerprint density at radius 2 is 1.71 bits per heavy atom. The number of halogens is 1. The second kappa shape index (κ2) is 9.66. The Balaban J connectivity index is 1.81. The summed E-state index contributed by atoms with van der Waals surface area (Å²) in [6, 6.07) is 21.4. The zero-order chi connectivity index (χ0) is 24.2. The molecule has 0 saturated carbocycles. The Bertz CT molecular complexity index is 1440. The highest BCUT2D eigenvalue weighted by Gasteiger charge is 2.22. The minimum atomic E-state index is -0.851. The topological polar surface area (TPSA) is 86.0 Å². The summed E-state index contributed by atoms with van der Waals surface area (Å²) in [5.41, 5.74) is 0.612. The maximum atomic E-state index is 13.7. The van der Waals surface area contributed by atoms with Crippen LogP contribution in [-0.2, 0) is 6.54 Å². The van der Waals surface area contributed by atoms with Crippen LogP contribution in [0.4, 0.5) is 4.39 Å². The minimum Gasteiger partial charge on any atom is -0.344 e. The fourth-order valence-electron chi connectivity index (χ4n) is 3.56. The molecule has 0 saturated heterocycles. The highest BCUT2D eigenvalue weighted by atomic mass is 19.1. The summed E-state index contributed by atoms with van der Waals surface area (Å²) >= 11 is 0. The molecular formula is C26H23FN4O3. The van der Waals surface area contributed by atoms with Crippen LogP contribution in [0.3, 0.4) is 0 Å². The number of nitrogens with zero attached hydrogens (tertiary/aromatic N) is 3. The zero-order valence-corrected chi connectivity index (χ0v) is 18.7. The molecule has 0 fully saturated rings. The summed E-state index contributed by atoms with van der Waals surface area (Å²) in [4.78, 5) is 39.5. The van der Waals surface area contributed by atoms with Gasteiger partial charge in [0.25, 0.3) is 11.5 Å². The Hall–Kier alpha value is -4.33. The molecule has 0 bridgehead atoms. The number of carbonyl (C=O) groups excluding carboxylic acids is 1. The van der Waals surface area contributed by atoms with Gasteiger partial charge >= 0.3 is 5.69 Å². The molecule has 1 amide bonds. The molecule has 7 nitrogen and oxygen atoms in total. The number of carbonyl (C=O) groups is 1. The van der Waals surface area contributed by atoms with Gasteiger partial charge in [0.1, 0.15) is 5.82 Å². The van der Waals surface area contributed by atoms with Crippen LogP contribution in [0, 0.1) is 12.7 Å². The molecule has 1 N–H and O–H groups in total. The molecule has 0 spiro atoms. The summed E-state index contributed by atoms with van der Waals surface area (Å²) in [6.07, 6.45) is 0. The van der Waals surface area contributed by atoms with E-state index in [0.717, 1.165) is 20.4 Å². The van der Waals surface area contributed by atoms with Crippen molar-refractivity contribution in [3.63, 3.8) is 0 Å². The third-order valence-electron chi connectivity index (χ3n) is 5.43. The van der Waals surface area contributed by atoms with Crippen LogP contribution in [0.2, 0.25) is 0 Å². The number of benzene rings is 3. The van der Waals surface area contributed by atoms with E-state index in [4.69, 9.17) is 0 Å². The summed E-state index contributed by atoms with van der Waals surface area (Å²) in [7, 11) is 0. The highest BCUT2D eigenvalue weighted by Crippen LogP contribution is 2.12. The van der Waals surface area contributed by atoms with Gasteiger partial charge in [0.2, 0.25) is 5.69 Å². The summed E-state index contributed by atoms with van der Waals surface area (Å²) in [6.45, 7) is 3.47. The van der Waals surface area contributed by atoms with Crippen molar-refractivity contribution in [1.82, 2.24) is 19.7 Å². The number of aryl methyl sites for hydroxylation is 1. The van der Waals surface area contributed by atoms with Crippen molar-refractivity contribution in [3.05, 3.63) is 128 Å². The quantitative estimate of drug-likeness (QED) is 0.480. The monoisotopic (exact) mass is 458 g/mol. The van der Waals surface area contributed by atoms with Crippen molar-refractivity contribution in [2.24, 2.45) is 0 Å². The lowest BCUT2D eigenvalue weighted by Gasteiger charge is -2.16. The Morgan fingerprint density at radius 3 is 2.38 bits per heavy atom. The van der Waals surface area contributed by atoms with Crippen molar-refractivity contribution in [1.29, 1.82) is 0 Å². The van der Waals surface area contributed by atoms with Gasteiger partial charge in [-0.15, -0.1) is 0 Å². The molecule has 0 radical (unpaired) electrons. The average molecular weight is 458 g/mol. The summed E-state index contributed by atoms with van der Waals surface area (Å²) < 4.78 is 15.6. The first-order valence-electron chi connectivity index (χ1n) is 10.7. The van der Waals surface area contributed by atoms with E-state index in [1.807, 2.05) is 37.3 Å². The van der Waals surface area contributed by atoms with Crippen molar-refractivity contribution in [2.75, 3.05) is 0 Å². The van der Waals surface area contributed by atoms with Crippen LogP contribution in [-0.4, -0.2) is 20.3 Å². The first-order chi connectivity index (χ1) is 16.3. The molecule has 8 heteroatoms.